The summed E-state index contributed by atoms with van der Waals surface area (Å²) in [6.45, 7) is 0. The number of hydrogen-bond donors (Lipinski definition) is 1. The van der Waals surface area contributed by atoms with E-state index in [4.69, 9.17) is 0 Å². The van der Waals surface area contributed by atoms with Crippen molar-refractivity contribution in [3.8, 4) is 0 Å². The lowest BCUT2D eigenvalue weighted by atomic mass is 9.96. The summed E-state index contributed by atoms with van der Waals surface area (Å²) in [5.41, 5.74) is 2.49. The van der Waals surface area contributed by atoms with Gasteiger partial charge in [-0.3, -0.25) is 4.79 Å². The van der Waals surface area contributed by atoms with Gasteiger partial charge in [-0.05, 0) is 46.7 Å². The summed E-state index contributed by atoms with van der Waals surface area (Å²) in [5, 5.41) is 5.54. The lowest BCUT2D eigenvalue weighted by Crippen LogP contribution is -2.15. The van der Waals surface area contributed by atoms with Gasteiger partial charge in [0.2, 0.25) is 0 Å². The molecule has 4 rings (SSSR count). The lowest BCUT2D eigenvalue weighted by Gasteiger charge is -2.20. The molecule has 0 radical (unpaired) electrons. The molecular weight excluding hydrogens is 349 g/mol. The largest absolute Gasteiger partial charge is 0.378 e. The maximum atomic E-state index is 13.2. The Kier molecular flexibility index (Phi) is 5.16. The number of fused-ring (bicyclic) bond motifs is 1. The van der Waals surface area contributed by atoms with Gasteiger partial charge in [0.1, 0.15) is 5.82 Å². The van der Waals surface area contributed by atoms with Crippen LogP contribution >= 0.6 is 0 Å². The van der Waals surface area contributed by atoms with Crippen LogP contribution in [-0.4, -0.2) is 5.78 Å². The van der Waals surface area contributed by atoms with Crippen molar-refractivity contribution in [1.82, 2.24) is 0 Å². The van der Waals surface area contributed by atoms with Crippen molar-refractivity contribution in [3.63, 3.8) is 0 Å². The highest BCUT2D eigenvalue weighted by molar-refractivity contribution is 6.00. The highest BCUT2D eigenvalue weighted by Gasteiger charge is 2.17. The van der Waals surface area contributed by atoms with Crippen LogP contribution in [0.4, 0.5) is 10.1 Å². The molecule has 0 fully saturated rings. The molecule has 0 aliphatic carbocycles. The van der Waals surface area contributed by atoms with Crippen molar-refractivity contribution in [3.05, 3.63) is 114 Å². The fourth-order valence-electron chi connectivity index (χ4n) is 3.35. The van der Waals surface area contributed by atoms with Crippen molar-refractivity contribution >= 4 is 22.2 Å². The number of carbonyl (C=O) groups excluding carboxylic acids is 1. The number of Topliss-reactive ketones (excluding diaryl/α,β-unsaturated/α-hetero) is 1. The van der Waals surface area contributed by atoms with E-state index in [9.17, 15) is 9.18 Å². The number of anilines is 1. The van der Waals surface area contributed by atoms with E-state index in [-0.39, 0.29) is 17.6 Å². The minimum atomic E-state index is -0.283. The van der Waals surface area contributed by atoms with Gasteiger partial charge in [-0.1, -0.05) is 66.7 Å². The first kappa shape index (κ1) is 17.9. The first-order valence-corrected chi connectivity index (χ1v) is 9.28. The van der Waals surface area contributed by atoms with Crippen LogP contribution in [0.1, 0.15) is 28.4 Å². The molecule has 0 saturated carbocycles. The number of hydrogen-bond acceptors (Lipinski definition) is 2. The van der Waals surface area contributed by atoms with E-state index in [0.717, 1.165) is 22.0 Å². The summed E-state index contributed by atoms with van der Waals surface area (Å²) in [6.07, 6.45) is 0.305. The molecule has 0 spiro atoms. The number of halogens is 1. The third-order valence-electron chi connectivity index (χ3n) is 4.85. The van der Waals surface area contributed by atoms with Crippen LogP contribution in [0.25, 0.3) is 10.8 Å². The maximum absolute atomic E-state index is 13.2. The molecular formula is C25H20FNO. The highest BCUT2D eigenvalue weighted by Crippen LogP contribution is 2.26. The van der Waals surface area contributed by atoms with Gasteiger partial charge in [0.25, 0.3) is 0 Å². The molecule has 0 amide bonds. The predicted octanol–water partition coefficient (Wildman–Crippen LogP) is 6.41. The molecule has 1 N–H and O–H groups in total. The summed E-state index contributed by atoms with van der Waals surface area (Å²) < 4.78 is 13.2. The zero-order valence-electron chi connectivity index (χ0n) is 15.3. The topological polar surface area (TPSA) is 29.1 Å². The van der Waals surface area contributed by atoms with Crippen LogP contribution in [0.15, 0.2) is 97.1 Å². The van der Waals surface area contributed by atoms with Crippen LogP contribution < -0.4 is 5.32 Å². The average molecular weight is 369 g/mol. The van der Waals surface area contributed by atoms with E-state index in [1.807, 2.05) is 72.8 Å². The Hall–Kier alpha value is -3.46. The number of nitrogens with one attached hydrogen (secondary N) is 1. The molecule has 0 aliphatic rings. The fraction of sp³-hybridized carbons (Fsp3) is 0.0800. The predicted molar refractivity (Wildman–Crippen MR) is 112 cm³/mol. The van der Waals surface area contributed by atoms with Gasteiger partial charge < -0.3 is 5.32 Å². The van der Waals surface area contributed by atoms with Gasteiger partial charge in [0.05, 0.1) is 6.04 Å². The molecule has 28 heavy (non-hydrogen) atoms. The minimum Gasteiger partial charge on any atom is -0.378 e. The van der Waals surface area contributed by atoms with E-state index >= 15 is 0 Å². The van der Waals surface area contributed by atoms with Gasteiger partial charge in [-0.15, -0.1) is 0 Å². The zero-order valence-corrected chi connectivity index (χ0v) is 15.3. The molecule has 0 aromatic heterocycles. The summed E-state index contributed by atoms with van der Waals surface area (Å²) in [6, 6.07) is 29.6. The third-order valence-corrected chi connectivity index (χ3v) is 4.85. The Morgan fingerprint density at radius 1 is 0.786 bits per heavy atom. The second-order valence-electron chi connectivity index (χ2n) is 6.80. The Morgan fingerprint density at radius 2 is 1.46 bits per heavy atom. The summed E-state index contributed by atoms with van der Waals surface area (Å²) in [5.74, 6) is -0.219. The van der Waals surface area contributed by atoms with Gasteiger partial charge in [0.15, 0.2) is 5.78 Å². The first-order valence-electron chi connectivity index (χ1n) is 9.28. The monoisotopic (exact) mass is 369 g/mol. The molecule has 3 heteroatoms. The molecule has 1 unspecified atom stereocenters. The van der Waals surface area contributed by atoms with Gasteiger partial charge >= 0.3 is 0 Å². The number of carbonyl (C=O) groups is 1. The van der Waals surface area contributed by atoms with Crippen molar-refractivity contribution in [1.29, 1.82) is 0 Å². The molecule has 2 nitrogen and oxygen atoms in total. The first-order chi connectivity index (χ1) is 13.7. The Bertz CT molecular complexity index is 1090. The van der Waals surface area contributed by atoms with E-state index in [0.29, 0.717) is 12.0 Å². The van der Waals surface area contributed by atoms with Crippen molar-refractivity contribution in [2.24, 2.45) is 0 Å². The fourth-order valence-corrected chi connectivity index (χ4v) is 3.35. The van der Waals surface area contributed by atoms with E-state index in [2.05, 4.69) is 5.32 Å². The number of benzene rings is 4. The molecule has 0 aliphatic heterocycles. The average Bonchev–Trinajstić information content (AvgIpc) is 2.75. The highest BCUT2D eigenvalue weighted by atomic mass is 19.1. The molecule has 138 valence electrons. The smallest absolute Gasteiger partial charge is 0.165 e. The Labute approximate surface area is 163 Å². The van der Waals surface area contributed by atoms with Crippen LogP contribution in [0.5, 0.6) is 0 Å². The SMILES string of the molecule is O=C(CC(Nc1ccc(F)cc1)c1ccccc1)c1ccc2ccccc2c1. The second kappa shape index (κ2) is 8.05. The van der Waals surface area contributed by atoms with E-state index < -0.39 is 0 Å². The lowest BCUT2D eigenvalue weighted by molar-refractivity contribution is 0.0976. The molecule has 1 atom stereocenters. The molecule has 0 saturated heterocycles. The zero-order chi connectivity index (χ0) is 19.3. The van der Waals surface area contributed by atoms with Crippen molar-refractivity contribution < 1.29 is 9.18 Å². The Morgan fingerprint density at radius 3 is 2.21 bits per heavy atom. The minimum absolute atomic E-state index is 0.0641. The van der Waals surface area contributed by atoms with E-state index in [1.54, 1.807) is 12.1 Å². The van der Waals surface area contributed by atoms with Crippen LogP contribution in [0.2, 0.25) is 0 Å². The van der Waals surface area contributed by atoms with Crippen LogP contribution in [-0.2, 0) is 0 Å². The quantitative estimate of drug-likeness (QED) is 0.398. The normalized spacial score (nSPS) is 11.9. The van der Waals surface area contributed by atoms with Crippen LogP contribution in [0.3, 0.4) is 0 Å². The Balaban J connectivity index is 1.60. The van der Waals surface area contributed by atoms with Gasteiger partial charge in [0, 0.05) is 17.7 Å². The molecule has 4 aromatic carbocycles. The van der Waals surface area contributed by atoms with E-state index in [1.165, 1.54) is 12.1 Å². The number of rotatable bonds is 6. The second-order valence-corrected chi connectivity index (χ2v) is 6.80. The summed E-state index contributed by atoms with van der Waals surface area (Å²) in [7, 11) is 0. The van der Waals surface area contributed by atoms with Crippen LogP contribution in [0, 0.1) is 5.82 Å². The standard InChI is InChI=1S/C25H20FNO/c26-22-12-14-23(15-13-22)27-24(19-7-2-1-3-8-19)17-25(28)21-11-10-18-6-4-5-9-20(18)16-21/h1-16,24,27H,17H2. The summed E-state index contributed by atoms with van der Waals surface area (Å²) in [4.78, 5) is 13.0. The molecule has 0 heterocycles. The van der Waals surface area contributed by atoms with Crippen molar-refractivity contribution in [2.45, 2.75) is 12.5 Å². The maximum Gasteiger partial charge on any atom is 0.165 e. The third kappa shape index (κ3) is 4.09. The molecule has 0 bridgehead atoms. The van der Waals surface area contributed by atoms with Gasteiger partial charge in [-0.25, -0.2) is 4.39 Å². The summed E-state index contributed by atoms with van der Waals surface area (Å²) >= 11 is 0. The van der Waals surface area contributed by atoms with Crippen molar-refractivity contribution in [2.75, 3.05) is 5.32 Å². The van der Waals surface area contributed by atoms with Gasteiger partial charge in [-0.2, -0.15) is 0 Å². The number of ketones is 1. The molecule has 4 aromatic rings.